The molecule has 0 radical (unpaired) electrons. The summed E-state index contributed by atoms with van der Waals surface area (Å²) >= 11 is 5.49. The van der Waals surface area contributed by atoms with Gasteiger partial charge in [-0.1, -0.05) is 0 Å². The van der Waals surface area contributed by atoms with E-state index in [-0.39, 0.29) is 17.0 Å². The average molecular weight is 295 g/mol. The molecule has 0 spiro atoms. The minimum absolute atomic E-state index is 0.0387. The van der Waals surface area contributed by atoms with Crippen molar-refractivity contribution in [3.8, 4) is 6.07 Å². The van der Waals surface area contributed by atoms with Crippen LogP contribution in [-0.2, 0) is 14.9 Å². The second-order valence-corrected chi connectivity index (χ2v) is 5.74. The van der Waals surface area contributed by atoms with E-state index in [4.69, 9.17) is 27.5 Å². The van der Waals surface area contributed by atoms with Crippen LogP contribution in [0.15, 0.2) is 17.0 Å². The van der Waals surface area contributed by atoms with E-state index in [1.807, 2.05) is 0 Å². The van der Waals surface area contributed by atoms with Gasteiger partial charge in [-0.05, 0) is 6.07 Å². The lowest BCUT2D eigenvalue weighted by Gasteiger charge is -2.03. The van der Waals surface area contributed by atoms with E-state index in [1.165, 1.54) is 0 Å². The van der Waals surface area contributed by atoms with Crippen LogP contribution in [0.2, 0.25) is 0 Å². The number of halogens is 2. The van der Waals surface area contributed by atoms with Crippen LogP contribution >= 0.6 is 22.3 Å². The van der Waals surface area contributed by atoms with Crippen molar-refractivity contribution in [1.82, 2.24) is 0 Å². The zero-order chi connectivity index (χ0) is 13.2. The maximum atomic E-state index is 11.1. The largest absolute Gasteiger partial charge is 0.276 e. The van der Waals surface area contributed by atoms with E-state index in [9.17, 15) is 18.5 Å². The number of benzene rings is 1. The monoisotopic (exact) mass is 294 g/mol. The topological polar surface area (TPSA) is 101 Å². The van der Waals surface area contributed by atoms with Gasteiger partial charge in [-0.15, -0.1) is 11.6 Å². The van der Waals surface area contributed by atoms with E-state index in [0.29, 0.717) is 0 Å². The van der Waals surface area contributed by atoms with Crippen LogP contribution in [0.3, 0.4) is 0 Å². The molecule has 1 aromatic carbocycles. The van der Waals surface area contributed by atoms with E-state index in [0.717, 1.165) is 12.1 Å². The maximum absolute atomic E-state index is 11.1. The number of alkyl halides is 1. The molecule has 6 nitrogen and oxygen atoms in total. The standard InChI is InChI=1S/C8H4Cl2N2O4S/c9-3-7-5(4-11)1-6(17(10,15)16)2-8(7)12(13)14/h1-2H,3H2. The summed E-state index contributed by atoms with van der Waals surface area (Å²) in [5.74, 6) is -0.276. The summed E-state index contributed by atoms with van der Waals surface area (Å²) in [5.41, 5.74) is -0.769. The fourth-order valence-electron chi connectivity index (χ4n) is 1.17. The molecule has 0 bridgehead atoms. The number of nitriles is 1. The van der Waals surface area contributed by atoms with Crippen LogP contribution in [0.5, 0.6) is 0 Å². The normalized spacial score (nSPS) is 10.9. The van der Waals surface area contributed by atoms with Gasteiger partial charge in [0.2, 0.25) is 0 Å². The molecule has 0 saturated heterocycles. The van der Waals surface area contributed by atoms with Crippen molar-refractivity contribution in [2.45, 2.75) is 10.8 Å². The molecule has 0 atom stereocenters. The zero-order valence-corrected chi connectivity index (χ0v) is 10.4. The first-order chi connectivity index (χ1) is 7.81. The molecular formula is C8H4Cl2N2O4S. The van der Waals surface area contributed by atoms with Gasteiger partial charge >= 0.3 is 0 Å². The highest BCUT2D eigenvalue weighted by Crippen LogP contribution is 2.29. The molecule has 9 heteroatoms. The quantitative estimate of drug-likeness (QED) is 0.368. The molecule has 0 aromatic heterocycles. The average Bonchev–Trinajstić information content (AvgIpc) is 2.25. The van der Waals surface area contributed by atoms with Gasteiger partial charge in [-0.3, -0.25) is 10.1 Å². The summed E-state index contributed by atoms with van der Waals surface area (Å²) in [6.07, 6.45) is 0. The third kappa shape index (κ3) is 2.85. The van der Waals surface area contributed by atoms with E-state index >= 15 is 0 Å². The highest BCUT2D eigenvalue weighted by atomic mass is 35.7. The Balaban J connectivity index is 3.71. The molecule has 0 aliphatic carbocycles. The minimum Gasteiger partial charge on any atom is -0.258 e. The molecule has 90 valence electrons. The Morgan fingerprint density at radius 3 is 2.41 bits per heavy atom. The predicted molar refractivity (Wildman–Crippen MR) is 60.4 cm³/mol. The molecule has 0 unspecified atom stereocenters. The number of nitro groups is 1. The molecule has 0 N–H and O–H groups in total. The predicted octanol–water partition coefficient (Wildman–Crippen LogP) is 2.13. The van der Waals surface area contributed by atoms with Gasteiger partial charge in [0.05, 0.1) is 32.9 Å². The zero-order valence-electron chi connectivity index (χ0n) is 8.05. The van der Waals surface area contributed by atoms with Crippen LogP contribution in [-0.4, -0.2) is 13.3 Å². The number of hydrogen-bond donors (Lipinski definition) is 0. The van der Waals surface area contributed by atoms with Gasteiger partial charge in [0.15, 0.2) is 0 Å². The highest BCUT2D eigenvalue weighted by molar-refractivity contribution is 8.13. The van der Waals surface area contributed by atoms with Crippen LogP contribution < -0.4 is 0 Å². The Kier molecular flexibility index (Phi) is 3.93. The minimum atomic E-state index is -4.14. The molecule has 0 heterocycles. The summed E-state index contributed by atoms with van der Waals surface area (Å²) in [6, 6.07) is 3.37. The first kappa shape index (κ1) is 13.7. The Hall–Kier alpha value is -1.36. The van der Waals surface area contributed by atoms with Crippen LogP contribution in [0.4, 0.5) is 5.69 Å². The van der Waals surface area contributed by atoms with Crippen molar-refractivity contribution >= 4 is 37.0 Å². The van der Waals surface area contributed by atoms with Gasteiger partial charge in [0.1, 0.15) is 0 Å². The van der Waals surface area contributed by atoms with E-state index in [2.05, 4.69) is 0 Å². The smallest absolute Gasteiger partial charge is 0.258 e. The van der Waals surface area contributed by atoms with Crippen molar-refractivity contribution in [3.05, 3.63) is 33.4 Å². The maximum Gasteiger partial charge on any atom is 0.276 e. The van der Waals surface area contributed by atoms with Crippen molar-refractivity contribution in [2.24, 2.45) is 0 Å². The van der Waals surface area contributed by atoms with Crippen molar-refractivity contribution in [2.75, 3.05) is 0 Å². The van der Waals surface area contributed by atoms with Crippen LogP contribution in [0, 0.1) is 21.4 Å². The first-order valence-corrected chi connectivity index (χ1v) is 6.87. The summed E-state index contributed by atoms with van der Waals surface area (Å²) < 4.78 is 22.2. The summed E-state index contributed by atoms with van der Waals surface area (Å²) in [7, 11) is 0.924. The second-order valence-electron chi connectivity index (χ2n) is 2.91. The molecule has 1 rings (SSSR count). The SMILES string of the molecule is N#Cc1cc(S(=O)(=O)Cl)cc([N+](=O)[O-])c1CCl. The van der Waals surface area contributed by atoms with Gasteiger partial charge in [0.25, 0.3) is 14.7 Å². The lowest BCUT2D eigenvalue weighted by atomic mass is 10.1. The number of hydrogen-bond acceptors (Lipinski definition) is 5. The second kappa shape index (κ2) is 4.87. The number of nitrogens with zero attached hydrogens (tertiary/aromatic N) is 2. The molecule has 0 aliphatic heterocycles. The number of nitro benzene ring substituents is 1. The molecule has 0 amide bonds. The lowest BCUT2D eigenvalue weighted by Crippen LogP contribution is -2.01. The molecule has 17 heavy (non-hydrogen) atoms. The van der Waals surface area contributed by atoms with Gasteiger partial charge in [0, 0.05) is 16.7 Å². The van der Waals surface area contributed by atoms with Gasteiger partial charge < -0.3 is 0 Å². The fourth-order valence-corrected chi connectivity index (χ4v) is 2.23. The van der Waals surface area contributed by atoms with Crippen molar-refractivity contribution in [3.63, 3.8) is 0 Å². The van der Waals surface area contributed by atoms with E-state index in [1.54, 1.807) is 6.07 Å². The Bertz CT molecular complexity index is 621. The Labute approximate surface area is 106 Å². The van der Waals surface area contributed by atoms with Crippen LogP contribution in [0.25, 0.3) is 0 Å². The molecule has 1 aromatic rings. The van der Waals surface area contributed by atoms with Gasteiger partial charge in [-0.25, -0.2) is 8.42 Å². The third-order valence-corrected chi connectivity index (χ3v) is 3.53. The summed E-state index contributed by atoms with van der Waals surface area (Å²) in [4.78, 5) is 9.41. The van der Waals surface area contributed by atoms with Crippen LogP contribution in [0.1, 0.15) is 11.1 Å². The summed E-state index contributed by atoms with van der Waals surface area (Å²) in [6.45, 7) is 0. The van der Waals surface area contributed by atoms with Gasteiger partial charge in [-0.2, -0.15) is 5.26 Å². The Morgan fingerprint density at radius 1 is 1.47 bits per heavy atom. The Morgan fingerprint density at radius 2 is 2.06 bits per heavy atom. The first-order valence-electron chi connectivity index (χ1n) is 4.03. The molecular weight excluding hydrogens is 291 g/mol. The highest BCUT2D eigenvalue weighted by Gasteiger charge is 2.23. The molecule has 0 aliphatic rings. The molecule has 0 saturated carbocycles. The molecule has 0 fully saturated rings. The lowest BCUT2D eigenvalue weighted by molar-refractivity contribution is -0.385. The number of rotatable bonds is 3. The fraction of sp³-hybridized carbons (Fsp3) is 0.125. The van der Waals surface area contributed by atoms with E-state index < -0.39 is 24.6 Å². The third-order valence-electron chi connectivity index (χ3n) is 1.93. The van der Waals surface area contributed by atoms with Crippen molar-refractivity contribution < 1.29 is 13.3 Å². The van der Waals surface area contributed by atoms with Crippen molar-refractivity contribution in [1.29, 1.82) is 5.26 Å². The summed E-state index contributed by atoms with van der Waals surface area (Å²) in [5, 5.41) is 19.5.